The van der Waals surface area contributed by atoms with Crippen LogP contribution < -0.4 is 14.9 Å². The summed E-state index contributed by atoms with van der Waals surface area (Å²) < 4.78 is 12.0. The van der Waals surface area contributed by atoms with Gasteiger partial charge in [-0.1, -0.05) is 42.5 Å². The first-order valence-corrected chi connectivity index (χ1v) is 11.8. The lowest BCUT2D eigenvalue weighted by Crippen LogP contribution is -2.19. The van der Waals surface area contributed by atoms with Crippen molar-refractivity contribution in [2.75, 3.05) is 7.11 Å². The highest BCUT2D eigenvalue weighted by Crippen LogP contribution is 2.37. The number of hydrogen-bond donors (Lipinski definition) is 1. The zero-order valence-corrected chi connectivity index (χ0v) is 20.9. The Bertz CT molecular complexity index is 1430. The molecule has 182 valence electrons. The molecule has 0 saturated carbocycles. The zero-order valence-electron chi connectivity index (χ0n) is 19.3. The maximum Gasteiger partial charge on any atom is 0.269 e. The zero-order chi connectivity index (χ0) is 25.5. The highest BCUT2D eigenvalue weighted by molar-refractivity contribution is 9.10. The SMILES string of the molecule is COc1cc(/C=N\NC(=O)Cc2cccc3ccccc23)cc(Br)c1OCc1ccc([N+](=O)[O-])cc1. The van der Waals surface area contributed by atoms with Crippen molar-refractivity contribution in [3.8, 4) is 11.5 Å². The number of rotatable bonds is 9. The number of benzene rings is 4. The molecular weight excluding hydrogens is 526 g/mol. The van der Waals surface area contributed by atoms with Crippen molar-refractivity contribution < 1.29 is 19.2 Å². The summed E-state index contributed by atoms with van der Waals surface area (Å²) in [5, 5.41) is 17.0. The second kappa shape index (κ2) is 11.5. The molecule has 0 aliphatic carbocycles. The highest BCUT2D eigenvalue weighted by Gasteiger charge is 2.13. The second-order valence-electron chi connectivity index (χ2n) is 7.85. The fraction of sp³-hybridized carbons (Fsp3) is 0.111. The third-order valence-electron chi connectivity index (χ3n) is 5.42. The molecule has 4 rings (SSSR count). The number of fused-ring (bicyclic) bond motifs is 1. The molecule has 0 aromatic heterocycles. The predicted molar refractivity (Wildman–Crippen MR) is 142 cm³/mol. The molecule has 9 heteroatoms. The Balaban J connectivity index is 1.40. The smallest absolute Gasteiger partial charge is 0.269 e. The van der Waals surface area contributed by atoms with Crippen molar-refractivity contribution in [2.45, 2.75) is 13.0 Å². The van der Waals surface area contributed by atoms with Gasteiger partial charge in [-0.25, -0.2) is 5.43 Å². The Morgan fingerprint density at radius 3 is 2.58 bits per heavy atom. The minimum Gasteiger partial charge on any atom is -0.493 e. The molecule has 0 heterocycles. The summed E-state index contributed by atoms with van der Waals surface area (Å²) in [5.41, 5.74) is 4.98. The number of carbonyl (C=O) groups is 1. The topological polar surface area (TPSA) is 103 Å². The maximum absolute atomic E-state index is 12.5. The van der Waals surface area contributed by atoms with Gasteiger partial charge in [0.15, 0.2) is 11.5 Å². The number of methoxy groups -OCH3 is 1. The summed E-state index contributed by atoms with van der Waals surface area (Å²) in [6, 6.07) is 23.5. The fourth-order valence-electron chi connectivity index (χ4n) is 3.66. The van der Waals surface area contributed by atoms with Crippen LogP contribution in [0.15, 0.2) is 88.4 Å². The summed E-state index contributed by atoms with van der Waals surface area (Å²) in [7, 11) is 1.52. The van der Waals surface area contributed by atoms with E-state index in [-0.39, 0.29) is 24.6 Å². The molecule has 0 saturated heterocycles. The normalized spacial score (nSPS) is 10.9. The van der Waals surface area contributed by atoms with Gasteiger partial charge in [-0.15, -0.1) is 0 Å². The Morgan fingerprint density at radius 2 is 1.83 bits per heavy atom. The van der Waals surface area contributed by atoms with Crippen LogP contribution in [0.25, 0.3) is 10.8 Å². The Hall–Kier alpha value is -4.24. The average Bonchev–Trinajstić information content (AvgIpc) is 2.88. The minimum absolute atomic E-state index is 0.0189. The van der Waals surface area contributed by atoms with E-state index in [1.54, 1.807) is 24.3 Å². The van der Waals surface area contributed by atoms with Gasteiger partial charge < -0.3 is 9.47 Å². The van der Waals surface area contributed by atoms with E-state index in [0.29, 0.717) is 21.5 Å². The monoisotopic (exact) mass is 547 g/mol. The molecule has 0 bridgehead atoms. The van der Waals surface area contributed by atoms with Crippen LogP contribution in [0, 0.1) is 10.1 Å². The third-order valence-corrected chi connectivity index (χ3v) is 6.00. The average molecular weight is 548 g/mol. The molecule has 0 unspecified atom stereocenters. The Morgan fingerprint density at radius 1 is 1.08 bits per heavy atom. The van der Waals surface area contributed by atoms with Crippen molar-refractivity contribution in [1.29, 1.82) is 0 Å². The van der Waals surface area contributed by atoms with Crippen LogP contribution >= 0.6 is 15.9 Å². The number of nitro groups is 1. The minimum atomic E-state index is -0.448. The van der Waals surface area contributed by atoms with E-state index in [1.807, 2.05) is 42.5 Å². The molecule has 0 fully saturated rings. The second-order valence-corrected chi connectivity index (χ2v) is 8.71. The predicted octanol–water partition coefficient (Wildman–Crippen LogP) is 5.79. The Labute approximate surface area is 215 Å². The first kappa shape index (κ1) is 24.9. The third kappa shape index (κ3) is 6.05. The van der Waals surface area contributed by atoms with Gasteiger partial charge in [-0.2, -0.15) is 5.10 Å². The van der Waals surface area contributed by atoms with Gasteiger partial charge in [0.05, 0.1) is 29.1 Å². The molecule has 8 nitrogen and oxygen atoms in total. The van der Waals surface area contributed by atoms with E-state index in [1.165, 1.54) is 25.5 Å². The summed E-state index contributed by atoms with van der Waals surface area (Å²) in [6.07, 6.45) is 1.73. The number of halogens is 1. The van der Waals surface area contributed by atoms with Gasteiger partial charge in [-0.05, 0) is 67.7 Å². The van der Waals surface area contributed by atoms with E-state index in [0.717, 1.165) is 21.9 Å². The van der Waals surface area contributed by atoms with Crippen LogP contribution in [0.2, 0.25) is 0 Å². The molecule has 0 spiro atoms. The number of amides is 1. The van der Waals surface area contributed by atoms with Gasteiger partial charge in [0.2, 0.25) is 5.91 Å². The number of hydrazone groups is 1. The molecular formula is C27H22BrN3O5. The van der Waals surface area contributed by atoms with Gasteiger partial charge >= 0.3 is 0 Å². The standard InChI is InChI=1S/C27H22BrN3O5/c1-35-25-14-19(13-24(28)27(25)36-17-18-9-11-22(12-10-18)31(33)34)16-29-30-26(32)15-21-7-4-6-20-5-2-3-8-23(20)21/h2-14,16H,15,17H2,1H3,(H,30,32)/b29-16-. The van der Waals surface area contributed by atoms with Gasteiger partial charge in [0, 0.05) is 12.1 Å². The van der Waals surface area contributed by atoms with E-state index in [4.69, 9.17) is 9.47 Å². The number of carbonyl (C=O) groups excluding carboxylic acids is 1. The molecule has 36 heavy (non-hydrogen) atoms. The number of nitrogens with one attached hydrogen (secondary N) is 1. The van der Waals surface area contributed by atoms with Crippen LogP contribution in [0.3, 0.4) is 0 Å². The summed E-state index contributed by atoms with van der Waals surface area (Å²) >= 11 is 3.49. The molecule has 1 N–H and O–H groups in total. The lowest BCUT2D eigenvalue weighted by molar-refractivity contribution is -0.384. The summed E-state index contributed by atoms with van der Waals surface area (Å²) in [6.45, 7) is 0.199. The molecule has 0 aliphatic rings. The largest absolute Gasteiger partial charge is 0.493 e. The van der Waals surface area contributed by atoms with Gasteiger partial charge in [-0.3, -0.25) is 14.9 Å². The van der Waals surface area contributed by atoms with Crippen LogP contribution in [-0.2, 0) is 17.8 Å². The first-order chi connectivity index (χ1) is 17.4. The lowest BCUT2D eigenvalue weighted by atomic mass is 10.0. The van der Waals surface area contributed by atoms with Crippen molar-refractivity contribution >= 4 is 44.5 Å². The molecule has 4 aromatic rings. The van der Waals surface area contributed by atoms with Crippen LogP contribution in [-0.4, -0.2) is 24.2 Å². The quantitative estimate of drug-likeness (QED) is 0.162. The number of nitrogens with zero attached hydrogens (tertiary/aromatic N) is 2. The van der Waals surface area contributed by atoms with Crippen molar-refractivity contribution in [2.24, 2.45) is 5.10 Å². The van der Waals surface area contributed by atoms with E-state index in [2.05, 4.69) is 26.5 Å². The molecule has 0 radical (unpaired) electrons. The number of non-ortho nitro benzene ring substituents is 1. The Kier molecular flexibility index (Phi) is 7.92. The van der Waals surface area contributed by atoms with Gasteiger partial charge in [0.25, 0.3) is 5.69 Å². The van der Waals surface area contributed by atoms with Crippen molar-refractivity contribution in [1.82, 2.24) is 5.43 Å². The van der Waals surface area contributed by atoms with E-state index >= 15 is 0 Å². The number of ether oxygens (including phenoxy) is 2. The lowest BCUT2D eigenvalue weighted by Gasteiger charge is -2.13. The highest BCUT2D eigenvalue weighted by atomic mass is 79.9. The van der Waals surface area contributed by atoms with E-state index in [9.17, 15) is 14.9 Å². The maximum atomic E-state index is 12.5. The van der Waals surface area contributed by atoms with E-state index < -0.39 is 4.92 Å². The van der Waals surface area contributed by atoms with Crippen LogP contribution in [0.4, 0.5) is 5.69 Å². The molecule has 1 amide bonds. The van der Waals surface area contributed by atoms with Gasteiger partial charge in [0.1, 0.15) is 6.61 Å². The van der Waals surface area contributed by atoms with Crippen LogP contribution in [0.5, 0.6) is 11.5 Å². The molecule has 0 aliphatic heterocycles. The summed E-state index contributed by atoms with van der Waals surface area (Å²) in [5.74, 6) is 0.722. The first-order valence-electron chi connectivity index (χ1n) is 11.0. The van der Waals surface area contributed by atoms with Crippen LogP contribution in [0.1, 0.15) is 16.7 Å². The fourth-order valence-corrected chi connectivity index (χ4v) is 4.24. The number of hydrogen-bond acceptors (Lipinski definition) is 6. The van der Waals surface area contributed by atoms with Crippen molar-refractivity contribution in [3.05, 3.63) is 110 Å². The molecule has 4 aromatic carbocycles. The summed E-state index contributed by atoms with van der Waals surface area (Å²) in [4.78, 5) is 22.8. The van der Waals surface area contributed by atoms with Crippen molar-refractivity contribution in [3.63, 3.8) is 0 Å². The molecule has 0 atom stereocenters. The number of nitro benzene ring substituents is 1.